The molecule has 1 fully saturated rings. The number of anilines is 2. The first-order valence-corrected chi connectivity index (χ1v) is 10.4. The quantitative estimate of drug-likeness (QED) is 0.762. The first-order chi connectivity index (χ1) is 14.2. The fourth-order valence-corrected chi connectivity index (χ4v) is 3.58. The summed E-state index contributed by atoms with van der Waals surface area (Å²) in [5, 5.41) is 2.87. The number of rotatable bonds is 6. The molecule has 0 atom stereocenters. The fraction of sp³-hybridized carbons (Fsp3) is 0.417. The van der Waals surface area contributed by atoms with Gasteiger partial charge in [-0.15, -0.1) is 0 Å². The van der Waals surface area contributed by atoms with Gasteiger partial charge in [-0.1, -0.05) is 32.9 Å². The van der Waals surface area contributed by atoms with Gasteiger partial charge in [0.25, 0.3) is 5.91 Å². The van der Waals surface area contributed by atoms with Crippen molar-refractivity contribution >= 4 is 23.2 Å². The molecule has 1 saturated heterocycles. The van der Waals surface area contributed by atoms with E-state index in [1.807, 2.05) is 42.5 Å². The number of hydrogen-bond acceptors (Lipinski definition) is 4. The second-order valence-corrected chi connectivity index (χ2v) is 8.83. The normalized spacial score (nSPS) is 15.0. The summed E-state index contributed by atoms with van der Waals surface area (Å²) in [5.74, 6) is 0.252. The number of carbonyl (C=O) groups is 2. The van der Waals surface area contributed by atoms with Gasteiger partial charge in [0.2, 0.25) is 5.91 Å². The minimum atomic E-state index is -0.208. The van der Waals surface area contributed by atoms with Gasteiger partial charge in [-0.05, 0) is 60.2 Å². The summed E-state index contributed by atoms with van der Waals surface area (Å²) in [5.41, 5.74) is 8.39. The monoisotopic (exact) mass is 409 g/mol. The Balaban J connectivity index is 1.50. The zero-order valence-electron chi connectivity index (χ0n) is 18.0. The Labute approximate surface area is 178 Å². The number of nitrogens with zero attached hydrogens (tertiary/aromatic N) is 1. The van der Waals surface area contributed by atoms with Crippen LogP contribution < -0.4 is 20.7 Å². The Morgan fingerprint density at radius 1 is 1.10 bits per heavy atom. The van der Waals surface area contributed by atoms with Crippen molar-refractivity contribution in [1.82, 2.24) is 0 Å². The molecule has 1 aliphatic rings. The highest BCUT2D eigenvalue weighted by Gasteiger charge is 2.23. The van der Waals surface area contributed by atoms with Crippen LogP contribution in [-0.2, 0) is 15.0 Å². The van der Waals surface area contributed by atoms with Crippen LogP contribution in [0.3, 0.4) is 0 Å². The van der Waals surface area contributed by atoms with E-state index in [0.29, 0.717) is 5.75 Å². The van der Waals surface area contributed by atoms with Crippen LogP contribution in [0.25, 0.3) is 0 Å². The van der Waals surface area contributed by atoms with E-state index in [9.17, 15) is 9.59 Å². The van der Waals surface area contributed by atoms with Gasteiger partial charge in [-0.2, -0.15) is 0 Å². The molecular formula is C24H31N3O3. The van der Waals surface area contributed by atoms with E-state index in [0.717, 1.165) is 42.9 Å². The van der Waals surface area contributed by atoms with Crippen molar-refractivity contribution in [1.29, 1.82) is 0 Å². The molecule has 3 N–H and O–H groups in total. The maximum Gasteiger partial charge on any atom is 0.262 e. The van der Waals surface area contributed by atoms with Gasteiger partial charge in [0, 0.05) is 30.4 Å². The maximum atomic E-state index is 12.3. The molecular weight excluding hydrogens is 378 g/mol. The van der Waals surface area contributed by atoms with Crippen LogP contribution >= 0.6 is 0 Å². The van der Waals surface area contributed by atoms with Crippen molar-refractivity contribution in [2.45, 2.75) is 39.0 Å². The molecule has 2 aromatic rings. The van der Waals surface area contributed by atoms with E-state index >= 15 is 0 Å². The second kappa shape index (κ2) is 9.20. The van der Waals surface area contributed by atoms with Gasteiger partial charge in [-0.3, -0.25) is 9.59 Å². The van der Waals surface area contributed by atoms with Gasteiger partial charge in [0.15, 0.2) is 6.61 Å². The number of carbonyl (C=O) groups excluding carboxylic acids is 2. The van der Waals surface area contributed by atoms with Crippen LogP contribution in [0.5, 0.6) is 5.75 Å². The predicted molar refractivity (Wildman–Crippen MR) is 120 cm³/mol. The van der Waals surface area contributed by atoms with Crippen LogP contribution in [-0.4, -0.2) is 31.5 Å². The highest BCUT2D eigenvalue weighted by atomic mass is 16.5. The maximum absolute atomic E-state index is 12.3. The predicted octanol–water partition coefficient (Wildman–Crippen LogP) is 3.70. The molecule has 0 spiro atoms. The Bertz CT molecular complexity index is 879. The van der Waals surface area contributed by atoms with Crippen LogP contribution in [0.2, 0.25) is 0 Å². The zero-order valence-corrected chi connectivity index (χ0v) is 18.0. The number of hydrogen-bond donors (Lipinski definition) is 2. The third kappa shape index (κ3) is 5.75. The summed E-state index contributed by atoms with van der Waals surface area (Å²) < 4.78 is 5.67. The summed E-state index contributed by atoms with van der Waals surface area (Å²) in [6.07, 6.45) is 1.56. The Morgan fingerprint density at radius 2 is 1.77 bits per heavy atom. The number of piperidine rings is 1. The summed E-state index contributed by atoms with van der Waals surface area (Å²) in [6, 6.07) is 15.6. The van der Waals surface area contributed by atoms with Crippen LogP contribution in [0.4, 0.5) is 11.4 Å². The molecule has 2 amide bonds. The van der Waals surface area contributed by atoms with Crippen LogP contribution in [0.15, 0.2) is 48.5 Å². The van der Waals surface area contributed by atoms with E-state index in [4.69, 9.17) is 10.5 Å². The minimum absolute atomic E-state index is 0.0242. The molecule has 3 rings (SSSR count). The molecule has 1 aliphatic heterocycles. The largest absolute Gasteiger partial charge is 0.484 e. The van der Waals surface area contributed by atoms with Crippen molar-refractivity contribution in [2.75, 3.05) is 29.9 Å². The first kappa shape index (κ1) is 21.7. The molecule has 0 radical (unpaired) electrons. The third-order valence-corrected chi connectivity index (χ3v) is 5.48. The van der Waals surface area contributed by atoms with Crippen LogP contribution in [0, 0.1) is 5.92 Å². The number of amides is 2. The van der Waals surface area contributed by atoms with E-state index in [1.165, 1.54) is 0 Å². The van der Waals surface area contributed by atoms with Crippen molar-refractivity contribution in [3.05, 3.63) is 54.1 Å². The lowest BCUT2D eigenvalue weighted by molar-refractivity contribution is -0.122. The molecule has 0 aliphatic carbocycles. The van der Waals surface area contributed by atoms with Crippen LogP contribution in [0.1, 0.15) is 39.2 Å². The van der Waals surface area contributed by atoms with Crippen molar-refractivity contribution in [2.24, 2.45) is 11.7 Å². The fourth-order valence-electron chi connectivity index (χ4n) is 3.58. The van der Waals surface area contributed by atoms with Gasteiger partial charge in [0.05, 0.1) is 0 Å². The number of nitrogens with one attached hydrogen (secondary N) is 1. The molecule has 160 valence electrons. The standard InChI is InChI=1S/C24H31N3O3/c1-24(2,3)18-5-4-6-21(15-18)30-16-22(28)26-19-7-9-20(10-8-19)27-13-11-17(12-14-27)23(25)29/h4-10,15,17H,11-14,16H2,1-3H3,(H2,25,29)(H,26,28). The lowest BCUT2D eigenvalue weighted by Crippen LogP contribution is -2.38. The average Bonchev–Trinajstić information content (AvgIpc) is 2.72. The van der Waals surface area contributed by atoms with Gasteiger partial charge < -0.3 is 20.7 Å². The molecule has 0 aromatic heterocycles. The highest BCUT2D eigenvalue weighted by molar-refractivity contribution is 5.92. The second-order valence-electron chi connectivity index (χ2n) is 8.83. The Hall–Kier alpha value is -3.02. The molecule has 2 aromatic carbocycles. The molecule has 6 heteroatoms. The molecule has 0 bridgehead atoms. The van der Waals surface area contributed by atoms with Crippen molar-refractivity contribution in [3.63, 3.8) is 0 Å². The molecule has 30 heavy (non-hydrogen) atoms. The van der Waals surface area contributed by atoms with Gasteiger partial charge in [0.1, 0.15) is 5.75 Å². The molecule has 1 heterocycles. The van der Waals surface area contributed by atoms with Gasteiger partial charge >= 0.3 is 0 Å². The Kier molecular flexibility index (Phi) is 6.65. The Morgan fingerprint density at radius 3 is 2.37 bits per heavy atom. The summed E-state index contributed by atoms with van der Waals surface area (Å²) in [7, 11) is 0. The topological polar surface area (TPSA) is 84.7 Å². The smallest absolute Gasteiger partial charge is 0.262 e. The lowest BCUT2D eigenvalue weighted by atomic mass is 9.87. The molecule has 0 saturated carbocycles. The van der Waals surface area contributed by atoms with E-state index in [1.54, 1.807) is 0 Å². The molecule has 6 nitrogen and oxygen atoms in total. The molecule has 0 unspecified atom stereocenters. The van der Waals surface area contributed by atoms with E-state index < -0.39 is 0 Å². The SMILES string of the molecule is CC(C)(C)c1cccc(OCC(=O)Nc2ccc(N3CCC(C(N)=O)CC3)cc2)c1. The number of benzene rings is 2. The highest BCUT2D eigenvalue weighted by Crippen LogP contribution is 2.26. The van der Waals surface area contributed by atoms with E-state index in [2.05, 4.69) is 37.1 Å². The third-order valence-electron chi connectivity index (χ3n) is 5.48. The lowest BCUT2D eigenvalue weighted by Gasteiger charge is -2.32. The van der Waals surface area contributed by atoms with Crippen molar-refractivity contribution < 1.29 is 14.3 Å². The number of nitrogens with two attached hydrogens (primary N) is 1. The minimum Gasteiger partial charge on any atom is -0.484 e. The van der Waals surface area contributed by atoms with Gasteiger partial charge in [-0.25, -0.2) is 0 Å². The zero-order chi connectivity index (χ0) is 21.7. The van der Waals surface area contributed by atoms with Crippen molar-refractivity contribution in [3.8, 4) is 5.75 Å². The summed E-state index contributed by atoms with van der Waals surface area (Å²) in [6.45, 7) is 7.99. The number of ether oxygens (including phenoxy) is 1. The average molecular weight is 410 g/mol. The summed E-state index contributed by atoms with van der Waals surface area (Å²) >= 11 is 0. The first-order valence-electron chi connectivity index (χ1n) is 10.4. The summed E-state index contributed by atoms with van der Waals surface area (Å²) in [4.78, 5) is 25.8. The van der Waals surface area contributed by atoms with E-state index in [-0.39, 0.29) is 29.8 Å². The number of primary amides is 1.